The molecular weight excluding hydrogens is 394 g/mol. The van der Waals surface area contributed by atoms with Crippen LogP contribution in [0.15, 0.2) is 46.9 Å². The number of halogens is 2. The van der Waals surface area contributed by atoms with Gasteiger partial charge >= 0.3 is 0 Å². The number of rotatable bonds is 4. The van der Waals surface area contributed by atoms with Crippen molar-refractivity contribution in [3.05, 3.63) is 63.1 Å². The average molecular weight is 409 g/mol. The lowest BCUT2D eigenvalue weighted by molar-refractivity contribution is -0.135. The zero-order valence-electron chi connectivity index (χ0n) is 12.9. The third-order valence-electron chi connectivity index (χ3n) is 4.19. The van der Waals surface area contributed by atoms with Crippen LogP contribution in [-0.4, -0.2) is 23.3 Å². The summed E-state index contributed by atoms with van der Waals surface area (Å²) in [5.41, 5.74) is -0.360. The molecule has 2 aromatic carbocycles. The van der Waals surface area contributed by atoms with Crippen LogP contribution < -0.4 is 4.90 Å². The number of hydrogen-bond donors (Lipinski definition) is 1. The standard InChI is InChI=1S/C18H15BrClNO3/c1-2-21-15-8-5-12(19)9-14(15)18(24,17(21)23)10-16(22)11-3-6-13(20)7-4-11/h3-9,24H,2,10H2,1H3/t18-/m0/s1. The summed E-state index contributed by atoms with van der Waals surface area (Å²) in [5, 5.41) is 11.6. The maximum atomic E-state index is 12.7. The molecular formula is C18H15BrClNO3. The van der Waals surface area contributed by atoms with Crippen molar-refractivity contribution in [1.82, 2.24) is 0 Å². The van der Waals surface area contributed by atoms with Gasteiger partial charge in [0.1, 0.15) is 0 Å². The maximum absolute atomic E-state index is 12.7. The van der Waals surface area contributed by atoms with E-state index in [0.717, 1.165) is 4.47 Å². The summed E-state index contributed by atoms with van der Waals surface area (Å²) in [6.07, 6.45) is -0.312. The lowest BCUT2D eigenvalue weighted by Crippen LogP contribution is -2.41. The van der Waals surface area contributed by atoms with E-state index in [2.05, 4.69) is 15.9 Å². The molecule has 1 atom stereocenters. The Morgan fingerprint density at radius 2 is 1.92 bits per heavy atom. The number of aliphatic hydroxyl groups is 1. The fourth-order valence-corrected chi connectivity index (χ4v) is 3.46. The second-order valence-corrected chi connectivity index (χ2v) is 7.03. The van der Waals surface area contributed by atoms with Gasteiger partial charge in [0.25, 0.3) is 5.91 Å². The van der Waals surface area contributed by atoms with Crippen molar-refractivity contribution in [3.8, 4) is 0 Å². The lowest BCUT2D eigenvalue weighted by Gasteiger charge is -2.22. The Morgan fingerprint density at radius 1 is 1.25 bits per heavy atom. The monoisotopic (exact) mass is 407 g/mol. The van der Waals surface area contributed by atoms with Crippen LogP contribution in [0.3, 0.4) is 0 Å². The average Bonchev–Trinajstić information content (AvgIpc) is 2.76. The molecule has 0 aliphatic carbocycles. The first-order valence-electron chi connectivity index (χ1n) is 7.50. The fraction of sp³-hybridized carbons (Fsp3) is 0.222. The van der Waals surface area contributed by atoms with Gasteiger partial charge in [0, 0.05) is 27.2 Å². The predicted molar refractivity (Wildman–Crippen MR) is 96.5 cm³/mol. The van der Waals surface area contributed by atoms with Crippen molar-refractivity contribution in [1.29, 1.82) is 0 Å². The second kappa shape index (κ2) is 6.31. The van der Waals surface area contributed by atoms with E-state index in [9.17, 15) is 14.7 Å². The van der Waals surface area contributed by atoms with Crippen LogP contribution in [0.5, 0.6) is 0 Å². The van der Waals surface area contributed by atoms with Crippen LogP contribution in [-0.2, 0) is 10.4 Å². The van der Waals surface area contributed by atoms with Crippen LogP contribution >= 0.6 is 27.5 Å². The van der Waals surface area contributed by atoms with Gasteiger partial charge in [-0.05, 0) is 49.4 Å². The van der Waals surface area contributed by atoms with E-state index < -0.39 is 11.5 Å². The highest BCUT2D eigenvalue weighted by Crippen LogP contribution is 2.44. The van der Waals surface area contributed by atoms with E-state index in [1.807, 2.05) is 13.0 Å². The molecule has 0 saturated carbocycles. The number of ketones is 1. The Hall–Kier alpha value is -1.69. The van der Waals surface area contributed by atoms with Gasteiger partial charge in [-0.1, -0.05) is 27.5 Å². The Kier molecular flexibility index (Phi) is 4.51. The SMILES string of the molecule is CCN1C(=O)[C@](O)(CC(=O)c2ccc(Cl)cc2)c2cc(Br)ccc21. The van der Waals surface area contributed by atoms with Crippen molar-refractivity contribution in [2.45, 2.75) is 18.9 Å². The van der Waals surface area contributed by atoms with Gasteiger partial charge in [0.2, 0.25) is 0 Å². The highest BCUT2D eigenvalue weighted by molar-refractivity contribution is 9.10. The molecule has 1 aliphatic heterocycles. The molecule has 1 amide bonds. The maximum Gasteiger partial charge on any atom is 0.264 e. The van der Waals surface area contributed by atoms with Crippen LogP contribution in [0.4, 0.5) is 5.69 Å². The van der Waals surface area contributed by atoms with Gasteiger partial charge in [-0.25, -0.2) is 0 Å². The molecule has 6 heteroatoms. The number of fused-ring (bicyclic) bond motifs is 1. The topological polar surface area (TPSA) is 57.6 Å². The zero-order valence-corrected chi connectivity index (χ0v) is 15.3. The summed E-state index contributed by atoms with van der Waals surface area (Å²) in [4.78, 5) is 26.8. The Bertz CT molecular complexity index is 822. The van der Waals surface area contributed by atoms with Crippen molar-refractivity contribution >= 4 is 44.9 Å². The molecule has 0 fully saturated rings. The normalized spacial score (nSPS) is 19.5. The number of nitrogens with zero attached hydrogens (tertiary/aromatic N) is 1. The van der Waals surface area contributed by atoms with Crippen LogP contribution in [0, 0.1) is 0 Å². The van der Waals surface area contributed by atoms with Gasteiger partial charge < -0.3 is 10.0 Å². The molecule has 24 heavy (non-hydrogen) atoms. The number of likely N-dealkylation sites (N-methyl/N-ethyl adjacent to an activating group) is 1. The number of anilines is 1. The molecule has 1 aliphatic rings. The Morgan fingerprint density at radius 3 is 2.54 bits per heavy atom. The van der Waals surface area contributed by atoms with Crippen molar-refractivity contribution in [3.63, 3.8) is 0 Å². The second-order valence-electron chi connectivity index (χ2n) is 5.68. The van der Waals surface area contributed by atoms with Crippen molar-refractivity contribution in [2.75, 3.05) is 11.4 Å². The minimum Gasteiger partial charge on any atom is -0.375 e. The van der Waals surface area contributed by atoms with Gasteiger partial charge in [-0.15, -0.1) is 0 Å². The molecule has 1 N–H and O–H groups in total. The number of Topliss-reactive ketones (excluding diaryl/α,β-unsaturated/α-hetero) is 1. The van der Waals surface area contributed by atoms with E-state index in [0.29, 0.717) is 28.4 Å². The number of benzene rings is 2. The lowest BCUT2D eigenvalue weighted by atomic mass is 9.88. The molecule has 2 aromatic rings. The summed E-state index contributed by atoms with van der Waals surface area (Å²) in [7, 11) is 0. The predicted octanol–water partition coefficient (Wildman–Crippen LogP) is 3.93. The highest BCUT2D eigenvalue weighted by atomic mass is 79.9. The minimum atomic E-state index is -1.86. The van der Waals surface area contributed by atoms with Crippen LogP contribution in [0.25, 0.3) is 0 Å². The van der Waals surface area contributed by atoms with E-state index >= 15 is 0 Å². The van der Waals surface area contributed by atoms with Crippen LogP contribution in [0.2, 0.25) is 5.02 Å². The highest BCUT2D eigenvalue weighted by Gasteiger charge is 2.50. The first kappa shape index (κ1) is 17.1. The van der Waals surface area contributed by atoms with E-state index in [-0.39, 0.29) is 12.2 Å². The van der Waals surface area contributed by atoms with Gasteiger partial charge in [-0.2, -0.15) is 0 Å². The minimum absolute atomic E-state index is 0.312. The van der Waals surface area contributed by atoms with Gasteiger partial charge in [0.05, 0.1) is 12.1 Å². The van der Waals surface area contributed by atoms with Gasteiger partial charge in [-0.3, -0.25) is 9.59 Å². The molecule has 0 saturated heterocycles. The Labute approximate surface area is 153 Å². The molecule has 0 aromatic heterocycles. The van der Waals surface area contributed by atoms with Gasteiger partial charge in [0.15, 0.2) is 11.4 Å². The first-order chi connectivity index (χ1) is 11.4. The number of carbonyl (C=O) groups is 2. The molecule has 0 unspecified atom stereocenters. The zero-order chi connectivity index (χ0) is 17.5. The number of carbonyl (C=O) groups excluding carboxylic acids is 2. The molecule has 0 spiro atoms. The van der Waals surface area contributed by atoms with Crippen LogP contribution in [0.1, 0.15) is 29.3 Å². The van der Waals surface area contributed by atoms with E-state index in [1.165, 1.54) is 4.90 Å². The molecule has 0 bridgehead atoms. The summed E-state index contributed by atoms with van der Waals surface area (Å²) >= 11 is 9.19. The summed E-state index contributed by atoms with van der Waals surface area (Å²) in [5.74, 6) is -0.785. The molecule has 0 radical (unpaired) electrons. The van der Waals surface area contributed by atoms with E-state index in [1.54, 1.807) is 36.4 Å². The summed E-state index contributed by atoms with van der Waals surface area (Å²) in [6.45, 7) is 2.25. The van der Waals surface area contributed by atoms with Crippen molar-refractivity contribution < 1.29 is 14.7 Å². The molecule has 4 nitrogen and oxygen atoms in total. The third-order valence-corrected chi connectivity index (χ3v) is 4.94. The largest absolute Gasteiger partial charge is 0.375 e. The smallest absolute Gasteiger partial charge is 0.264 e. The number of hydrogen-bond acceptors (Lipinski definition) is 3. The quantitative estimate of drug-likeness (QED) is 0.780. The number of amides is 1. The summed E-state index contributed by atoms with van der Waals surface area (Å²) < 4.78 is 0.740. The first-order valence-corrected chi connectivity index (χ1v) is 8.67. The Balaban J connectivity index is 2.00. The van der Waals surface area contributed by atoms with E-state index in [4.69, 9.17) is 11.6 Å². The molecule has 124 valence electrons. The fourth-order valence-electron chi connectivity index (χ4n) is 2.98. The van der Waals surface area contributed by atoms with Crippen molar-refractivity contribution in [2.24, 2.45) is 0 Å². The molecule has 3 rings (SSSR count). The molecule has 1 heterocycles. The third kappa shape index (κ3) is 2.77. The summed E-state index contributed by atoms with van der Waals surface area (Å²) in [6, 6.07) is 11.7.